The summed E-state index contributed by atoms with van der Waals surface area (Å²) < 4.78 is 5.62. The van der Waals surface area contributed by atoms with Crippen LogP contribution in [0.3, 0.4) is 0 Å². The predicted molar refractivity (Wildman–Crippen MR) is 88.0 cm³/mol. The second kappa shape index (κ2) is 7.56. The Morgan fingerprint density at radius 3 is 2.68 bits per heavy atom. The number of hydrogen-bond acceptors (Lipinski definition) is 5. The smallest absolute Gasteiger partial charge is 0.264 e. The highest BCUT2D eigenvalue weighted by molar-refractivity contribution is 7.71. The molecule has 0 spiro atoms. The summed E-state index contributed by atoms with van der Waals surface area (Å²) in [6.07, 6.45) is 3.38. The third-order valence-electron chi connectivity index (χ3n) is 2.90. The number of aliphatic imine (C=N–C) groups is 1. The molecule has 1 heterocycles. The van der Waals surface area contributed by atoms with Crippen LogP contribution >= 0.6 is 12.2 Å². The maximum absolute atomic E-state index is 11.7. The zero-order valence-corrected chi connectivity index (χ0v) is 12.9. The number of hydrogen-bond donors (Lipinski definition) is 3. The van der Waals surface area contributed by atoms with Gasteiger partial charge in [0.15, 0.2) is 4.77 Å². The minimum Gasteiger partial charge on any atom is -0.494 e. The van der Waals surface area contributed by atoms with Gasteiger partial charge in [0.05, 0.1) is 12.3 Å². The first kappa shape index (κ1) is 16.0. The lowest BCUT2D eigenvalue weighted by molar-refractivity contribution is 0.309. The van der Waals surface area contributed by atoms with Crippen LogP contribution in [-0.4, -0.2) is 27.9 Å². The molecule has 3 N–H and O–H groups in total. The van der Waals surface area contributed by atoms with Crippen LogP contribution in [-0.2, 0) is 0 Å². The second-order valence-electron chi connectivity index (χ2n) is 4.62. The molecule has 0 aliphatic carbocycles. The molecule has 0 aliphatic rings. The van der Waals surface area contributed by atoms with E-state index in [1.165, 1.54) is 6.21 Å². The SMILES string of the molecule is CCCCOc1ccc(N=Cc2c(O)[nH]c(=S)[nH]c2=O)cc1. The Morgan fingerprint density at radius 2 is 2.05 bits per heavy atom. The van der Waals surface area contributed by atoms with Crippen LogP contribution in [0, 0.1) is 4.77 Å². The van der Waals surface area contributed by atoms with Crippen LogP contribution in [0.1, 0.15) is 25.3 Å². The lowest BCUT2D eigenvalue weighted by Crippen LogP contribution is -2.13. The first-order chi connectivity index (χ1) is 10.6. The number of aromatic nitrogens is 2. The summed E-state index contributed by atoms with van der Waals surface area (Å²) in [6, 6.07) is 7.16. The quantitative estimate of drug-likeness (QED) is 0.433. The van der Waals surface area contributed by atoms with Crippen LogP contribution < -0.4 is 10.3 Å². The first-order valence-electron chi connectivity index (χ1n) is 6.92. The predicted octanol–water partition coefficient (Wildman–Crippen LogP) is 3.07. The molecular formula is C15H17N3O3S. The van der Waals surface area contributed by atoms with Gasteiger partial charge in [-0.05, 0) is 42.9 Å². The molecule has 0 saturated carbocycles. The van der Waals surface area contributed by atoms with Gasteiger partial charge in [0, 0.05) is 6.21 Å². The van der Waals surface area contributed by atoms with Crippen molar-refractivity contribution in [1.29, 1.82) is 0 Å². The highest BCUT2D eigenvalue weighted by Crippen LogP contribution is 2.18. The molecule has 0 amide bonds. The van der Waals surface area contributed by atoms with E-state index in [2.05, 4.69) is 21.9 Å². The van der Waals surface area contributed by atoms with E-state index in [0.717, 1.165) is 18.6 Å². The molecule has 22 heavy (non-hydrogen) atoms. The number of unbranched alkanes of at least 4 members (excludes halogenated alkanes) is 1. The number of benzene rings is 1. The average molecular weight is 319 g/mol. The Balaban J connectivity index is 2.11. The van der Waals surface area contributed by atoms with Crippen molar-refractivity contribution in [3.8, 4) is 11.6 Å². The Bertz CT molecular complexity index is 763. The van der Waals surface area contributed by atoms with Crippen molar-refractivity contribution in [2.24, 2.45) is 4.99 Å². The molecule has 116 valence electrons. The maximum Gasteiger partial charge on any atom is 0.264 e. The highest BCUT2D eigenvalue weighted by atomic mass is 32.1. The van der Waals surface area contributed by atoms with Crippen molar-refractivity contribution in [3.05, 3.63) is 45.0 Å². The molecule has 2 aromatic rings. The van der Waals surface area contributed by atoms with Crippen molar-refractivity contribution >= 4 is 24.1 Å². The number of aromatic amines is 2. The zero-order valence-electron chi connectivity index (χ0n) is 12.1. The number of nitrogens with zero attached hydrogens (tertiary/aromatic N) is 1. The van der Waals surface area contributed by atoms with E-state index in [9.17, 15) is 9.90 Å². The van der Waals surface area contributed by atoms with Crippen molar-refractivity contribution in [1.82, 2.24) is 9.97 Å². The number of H-pyrrole nitrogens is 2. The Morgan fingerprint density at radius 1 is 1.32 bits per heavy atom. The summed E-state index contributed by atoms with van der Waals surface area (Å²) in [6.45, 7) is 2.79. The molecule has 0 fully saturated rings. The number of aromatic hydroxyl groups is 1. The summed E-state index contributed by atoms with van der Waals surface area (Å²) in [7, 11) is 0. The molecular weight excluding hydrogens is 302 g/mol. The Hall–Kier alpha value is -2.41. The van der Waals surface area contributed by atoms with Crippen LogP contribution in [0.2, 0.25) is 0 Å². The number of ether oxygens (including phenoxy) is 1. The average Bonchev–Trinajstić information content (AvgIpc) is 2.48. The largest absolute Gasteiger partial charge is 0.494 e. The standard InChI is InChI=1S/C15H17N3O3S/c1-2-3-8-21-11-6-4-10(5-7-11)16-9-12-13(19)17-15(22)18-14(12)20/h4-7,9H,2-3,8H2,1H3,(H3,17,18,19,20,22). The molecule has 0 aliphatic heterocycles. The second-order valence-corrected chi connectivity index (χ2v) is 5.03. The first-order valence-corrected chi connectivity index (χ1v) is 7.33. The van der Waals surface area contributed by atoms with Gasteiger partial charge in [-0.2, -0.15) is 0 Å². The molecule has 1 aromatic carbocycles. The van der Waals surface area contributed by atoms with Gasteiger partial charge in [-0.1, -0.05) is 13.3 Å². The third-order valence-corrected chi connectivity index (χ3v) is 3.11. The summed E-state index contributed by atoms with van der Waals surface area (Å²) >= 11 is 4.75. The topological polar surface area (TPSA) is 90.5 Å². The molecule has 0 saturated heterocycles. The molecule has 0 radical (unpaired) electrons. The molecule has 0 unspecified atom stereocenters. The van der Waals surface area contributed by atoms with Crippen molar-refractivity contribution in [3.63, 3.8) is 0 Å². The van der Waals surface area contributed by atoms with E-state index in [-0.39, 0.29) is 16.2 Å². The van der Waals surface area contributed by atoms with Crippen LogP contribution in [0.15, 0.2) is 34.1 Å². The van der Waals surface area contributed by atoms with E-state index in [1.807, 2.05) is 12.1 Å². The van der Waals surface area contributed by atoms with Crippen molar-refractivity contribution in [2.45, 2.75) is 19.8 Å². The molecule has 2 rings (SSSR count). The lowest BCUT2D eigenvalue weighted by atomic mass is 10.3. The van der Waals surface area contributed by atoms with E-state index >= 15 is 0 Å². The van der Waals surface area contributed by atoms with Gasteiger partial charge in [0.2, 0.25) is 5.88 Å². The minimum atomic E-state index is -0.496. The van der Waals surface area contributed by atoms with Gasteiger partial charge in [-0.25, -0.2) is 0 Å². The van der Waals surface area contributed by atoms with Gasteiger partial charge in [0.25, 0.3) is 5.56 Å². The molecule has 0 bridgehead atoms. The maximum atomic E-state index is 11.7. The number of nitrogens with one attached hydrogen (secondary N) is 2. The van der Waals surface area contributed by atoms with Crippen LogP contribution in [0.25, 0.3) is 0 Å². The van der Waals surface area contributed by atoms with Crippen LogP contribution in [0.4, 0.5) is 5.69 Å². The molecule has 7 heteroatoms. The monoisotopic (exact) mass is 319 g/mol. The summed E-state index contributed by atoms with van der Waals surface area (Å²) in [5, 5.41) is 9.66. The van der Waals surface area contributed by atoms with E-state index in [4.69, 9.17) is 17.0 Å². The summed E-state index contributed by atoms with van der Waals surface area (Å²) in [5.74, 6) is 0.467. The Labute approximate surface area is 132 Å². The van der Waals surface area contributed by atoms with Crippen LogP contribution in [0.5, 0.6) is 11.6 Å². The van der Waals surface area contributed by atoms with Crippen molar-refractivity contribution < 1.29 is 9.84 Å². The summed E-state index contributed by atoms with van der Waals surface area (Å²) in [4.78, 5) is 20.7. The lowest BCUT2D eigenvalue weighted by Gasteiger charge is -2.04. The normalized spacial score (nSPS) is 11.0. The fraction of sp³-hybridized carbons (Fsp3) is 0.267. The third kappa shape index (κ3) is 4.29. The van der Waals surface area contributed by atoms with E-state index in [1.54, 1.807) is 12.1 Å². The fourth-order valence-electron chi connectivity index (χ4n) is 1.71. The Kier molecular flexibility index (Phi) is 5.48. The van der Waals surface area contributed by atoms with Gasteiger partial charge >= 0.3 is 0 Å². The minimum absolute atomic E-state index is 0.0249. The zero-order chi connectivity index (χ0) is 15.9. The fourth-order valence-corrected chi connectivity index (χ4v) is 1.90. The van der Waals surface area contributed by atoms with Crippen molar-refractivity contribution in [2.75, 3.05) is 6.61 Å². The van der Waals surface area contributed by atoms with Gasteiger partial charge < -0.3 is 14.8 Å². The highest BCUT2D eigenvalue weighted by Gasteiger charge is 2.04. The molecule has 6 nitrogen and oxygen atoms in total. The summed E-state index contributed by atoms with van der Waals surface area (Å²) in [5.41, 5.74) is 0.172. The van der Waals surface area contributed by atoms with Gasteiger partial charge in [-0.15, -0.1) is 0 Å². The molecule has 1 aromatic heterocycles. The van der Waals surface area contributed by atoms with E-state index < -0.39 is 5.56 Å². The van der Waals surface area contributed by atoms with E-state index in [0.29, 0.717) is 12.3 Å². The molecule has 0 atom stereocenters. The van der Waals surface area contributed by atoms with Gasteiger partial charge in [0.1, 0.15) is 11.3 Å². The number of rotatable bonds is 6. The van der Waals surface area contributed by atoms with Gasteiger partial charge in [-0.3, -0.25) is 14.8 Å².